The van der Waals surface area contributed by atoms with Crippen LogP contribution >= 0.6 is 11.6 Å². The zero-order chi connectivity index (χ0) is 15.2. The van der Waals surface area contributed by atoms with Gasteiger partial charge in [-0.2, -0.15) is 0 Å². The summed E-state index contributed by atoms with van der Waals surface area (Å²) in [6.07, 6.45) is -0.293. The summed E-state index contributed by atoms with van der Waals surface area (Å²) in [6.45, 7) is 2.09. The summed E-state index contributed by atoms with van der Waals surface area (Å²) in [5.74, 6) is -0.921. The van der Waals surface area contributed by atoms with Gasteiger partial charge >= 0.3 is 5.97 Å². The van der Waals surface area contributed by atoms with Crippen LogP contribution in [-0.2, 0) is 16.1 Å². The number of carbonyl (C=O) groups is 1. The lowest BCUT2D eigenvalue weighted by atomic mass is 10.0. The molecule has 0 heterocycles. The van der Waals surface area contributed by atoms with Crippen LogP contribution in [0.4, 0.5) is 0 Å². The molecule has 2 aromatic carbocycles. The zero-order valence-corrected chi connectivity index (χ0v) is 12.5. The van der Waals surface area contributed by atoms with Crippen molar-refractivity contribution in [2.45, 2.75) is 26.1 Å². The van der Waals surface area contributed by atoms with E-state index in [0.717, 1.165) is 16.7 Å². The molecule has 0 amide bonds. The fourth-order valence-corrected chi connectivity index (χ4v) is 2.12. The summed E-state index contributed by atoms with van der Waals surface area (Å²) in [4.78, 5) is 10.9. The maximum absolute atomic E-state index is 10.9. The van der Waals surface area contributed by atoms with Gasteiger partial charge in [0.25, 0.3) is 0 Å². The summed E-state index contributed by atoms with van der Waals surface area (Å²) in [5.41, 5.74) is 3.12. The molecule has 0 aliphatic rings. The Labute approximate surface area is 129 Å². The smallest absolute Gasteiger partial charge is 0.332 e. The van der Waals surface area contributed by atoms with Crippen LogP contribution < -0.4 is 0 Å². The molecule has 1 atom stereocenters. The van der Waals surface area contributed by atoms with Crippen molar-refractivity contribution in [2.24, 2.45) is 0 Å². The highest BCUT2D eigenvalue weighted by atomic mass is 35.5. The highest BCUT2D eigenvalue weighted by molar-refractivity contribution is 6.30. The monoisotopic (exact) mass is 304 g/mol. The molecule has 0 saturated carbocycles. The van der Waals surface area contributed by atoms with E-state index in [1.807, 2.05) is 48.5 Å². The lowest BCUT2D eigenvalue weighted by Crippen LogP contribution is -2.22. The van der Waals surface area contributed by atoms with E-state index < -0.39 is 12.1 Å². The van der Waals surface area contributed by atoms with Gasteiger partial charge < -0.3 is 9.84 Å². The molecule has 0 aromatic heterocycles. The van der Waals surface area contributed by atoms with Crippen molar-refractivity contribution in [1.29, 1.82) is 0 Å². The molecule has 1 unspecified atom stereocenters. The van der Waals surface area contributed by atoms with Crippen LogP contribution in [0, 0.1) is 0 Å². The van der Waals surface area contributed by atoms with Crippen molar-refractivity contribution in [3.05, 3.63) is 59.1 Å². The number of rotatable bonds is 6. The van der Waals surface area contributed by atoms with Crippen LogP contribution in [0.3, 0.4) is 0 Å². The van der Waals surface area contributed by atoms with Crippen molar-refractivity contribution < 1.29 is 14.6 Å². The van der Waals surface area contributed by atoms with Gasteiger partial charge in [0.1, 0.15) is 0 Å². The maximum Gasteiger partial charge on any atom is 0.332 e. The Morgan fingerprint density at radius 1 is 1.10 bits per heavy atom. The number of ether oxygens (including phenoxy) is 1. The first-order valence-electron chi connectivity index (χ1n) is 6.79. The molecule has 0 radical (unpaired) electrons. The van der Waals surface area contributed by atoms with Gasteiger partial charge in [-0.25, -0.2) is 4.79 Å². The molecule has 110 valence electrons. The number of hydrogen-bond acceptors (Lipinski definition) is 2. The normalized spacial score (nSPS) is 12.1. The molecule has 2 aromatic rings. The Bertz CT molecular complexity index is 590. The second kappa shape index (κ2) is 7.25. The number of halogens is 1. The molecule has 2 rings (SSSR count). The van der Waals surface area contributed by atoms with E-state index >= 15 is 0 Å². The topological polar surface area (TPSA) is 46.5 Å². The van der Waals surface area contributed by atoms with Gasteiger partial charge in [0, 0.05) is 5.02 Å². The largest absolute Gasteiger partial charge is 0.479 e. The van der Waals surface area contributed by atoms with Crippen LogP contribution in [-0.4, -0.2) is 17.2 Å². The van der Waals surface area contributed by atoms with Gasteiger partial charge in [-0.3, -0.25) is 0 Å². The van der Waals surface area contributed by atoms with Gasteiger partial charge in [0.2, 0.25) is 0 Å². The van der Waals surface area contributed by atoms with Gasteiger partial charge in [-0.05, 0) is 35.2 Å². The van der Waals surface area contributed by atoms with Crippen LogP contribution in [0.1, 0.15) is 18.9 Å². The minimum absolute atomic E-state index is 0.297. The predicted octanol–water partition coefficient (Wildman–Crippen LogP) is 4.39. The third kappa shape index (κ3) is 4.31. The summed E-state index contributed by atoms with van der Waals surface area (Å²) in [5, 5.41) is 9.64. The molecule has 1 N–H and O–H groups in total. The Kier molecular flexibility index (Phi) is 5.37. The minimum Gasteiger partial charge on any atom is -0.479 e. The lowest BCUT2D eigenvalue weighted by molar-refractivity contribution is -0.151. The molecule has 0 spiro atoms. The Morgan fingerprint density at radius 3 is 2.10 bits per heavy atom. The summed E-state index contributed by atoms with van der Waals surface area (Å²) >= 11 is 5.87. The fraction of sp³-hybridized carbons (Fsp3) is 0.235. The molecular weight excluding hydrogens is 288 g/mol. The van der Waals surface area contributed by atoms with Crippen molar-refractivity contribution in [2.75, 3.05) is 0 Å². The van der Waals surface area contributed by atoms with Crippen molar-refractivity contribution in [3.8, 4) is 11.1 Å². The van der Waals surface area contributed by atoms with Crippen molar-refractivity contribution >= 4 is 17.6 Å². The van der Waals surface area contributed by atoms with Crippen LogP contribution in [0.25, 0.3) is 11.1 Å². The second-order valence-corrected chi connectivity index (χ2v) is 5.19. The SMILES string of the molecule is CCC(OCc1ccc(-c2ccc(Cl)cc2)cc1)C(=O)O. The third-order valence-electron chi connectivity index (χ3n) is 3.23. The molecule has 0 aliphatic carbocycles. The van der Waals surface area contributed by atoms with Crippen molar-refractivity contribution in [3.63, 3.8) is 0 Å². The van der Waals surface area contributed by atoms with Crippen LogP contribution in [0.2, 0.25) is 5.02 Å². The van der Waals surface area contributed by atoms with E-state index in [2.05, 4.69) is 0 Å². The first-order valence-corrected chi connectivity index (χ1v) is 7.17. The highest BCUT2D eigenvalue weighted by Crippen LogP contribution is 2.22. The molecular formula is C17H17ClO3. The number of hydrogen-bond donors (Lipinski definition) is 1. The van der Waals surface area contributed by atoms with E-state index in [-0.39, 0.29) is 0 Å². The minimum atomic E-state index is -0.921. The van der Waals surface area contributed by atoms with Gasteiger partial charge in [-0.1, -0.05) is 54.9 Å². The molecule has 3 nitrogen and oxygen atoms in total. The molecule has 0 bridgehead atoms. The highest BCUT2D eigenvalue weighted by Gasteiger charge is 2.15. The number of aliphatic carboxylic acids is 1. The average molecular weight is 305 g/mol. The second-order valence-electron chi connectivity index (χ2n) is 4.75. The van der Waals surface area contributed by atoms with E-state index in [1.54, 1.807) is 6.92 Å². The summed E-state index contributed by atoms with van der Waals surface area (Å²) in [7, 11) is 0. The Hall–Kier alpha value is -1.84. The Morgan fingerprint density at radius 2 is 1.62 bits per heavy atom. The molecule has 0 saturated heterocycles. The van der Waals surface area contributed by atoms with Crippen LogP contribution in [0.15, 0.2) is 48.5 Å². The lowest BCUT2D eigenvalue weighted by Gasteiger charge is -2.11. The summed E-state index contributed by atoms with van der Waals surface area (Å²) in [6, 6.07) is 15.5. The van der Waals surface area contributed by atoms with Crippen LogP contribution in [0.5, 0.6) is 0 Å². The Balaban J connectivity index is 2.02. The molecule has 4 heteroatoms. The number of benzene rings is 2. The summed E-state index contributed by atoms with van der Waals surface area (Å²) < 4.78 is 5.38. The molecule has 0 fully saturated rings. The standard InChI is InChI=1S/C17H17ClO3/c1-2-16(17(19)20)21-11-12-3-5-13(6-4-12)14-7-9-15(18)10-8-14/h3-10,16H,2,11H2,1H3,(H,19,20). The van der Waals surface area contributed by atoms with Crippen molar-refractivity contribution in [1.82, 2.24) is 0 Å². The van der Waals surface area contributed by atoms with Gasteiger partial charge in [0.15, 0.2) is 6.10 Å². The first kappa shape index (κ1) is 15.5. The predicted molar refractivity (Wildman–Crippen MR) is 83.4 cm³/mol. The molecule has 0 aliphatic heterocycles. The van der Waals surface area contributed by atoms with E-state index in [1.165, 1.54) is 0 Å². The van der Waals surface area contributed by atoms with E-state index in [0.29, 0.717) is 18.1 Å². The van der Waals surface area contributed by atoms with Gasteiger partial charge in [0.05, 0.1) is 6.61 Å². The fourth-order valence-electron chi connectivity index (χ4n) is 2.00. The first-order chi connectivity index (χ1) is 10.1. The maximum atomic E-state index is 10.9. The average Bonchev–Trinajstić information content (AvgIpc) is 2.49. The van der Waals surface area contributed by atoms with E-state index in [4.69, 9.17) is 21.4 Å². The van der Waals surface area contributed by atoms with E-state index in [9.17, 15) is 4.79 Å². The quantitative estimate of drug-likeness (QED) is 0.861. The third-order valence-corrected chi connectivity index (χ3v) is 3.48. The zero-order valence-electron chi connectivity index (χ0n) is 11.8. The number of carboxylic acid groups (broad SMARTS) is 1. The van der Waals surface area contributed by atoms with Gasteiger partial charge in [-0.15, -0.1) is 0 Å². The molecule has 21 heavy (non-hydrogen) atoms. The number of carboxylic acids is 1.